The van der Waals surface area contributed by atoms with Crippen LogP contribution in [0.3, 0.4) is 0 Å². The van der Waals surface area contributed by atoms with E-state index in [9.17, 15) is 8.42 Å². The molecular weight excluding hydrogens is 238 g/mol. The van der Waals surface area contributed by atoms with E-state index in [1.807, 2.05) is 27.7 Å². The van der Waals surface area contributed by atoms with Crippen molar-refractivity contribution in [3.05, 3.63) is 0 Å². The first-order valence-electron chi connectivity index (χ1n) is 6.35. The lowest BCUT2D eigenvalue weighted by molar-refractivity contribution is 0.203. The second-order valence-electron chi connectivity index (χ2n) is 4.53. The van der Waals surface area contributed by atoms with Crippen molar-refractivity contribution in [2.45, 2.75) is 52.5 Å². The van der Waals surface area contributed by atoms with E-state index in [1.54, 1.807) is 0 Å². The van der Waals surface area contributed by atoms with Gasteiger partial charge in [-0.15, -0.1) is 0 Å². The Labute approximate surface area is 106 Å². The minimum absolute atomic E-state index is 0.330. The smallest absolute Gasteiger partial charge is 0.279 e. The third-order valence-electron chi connectivity index (χ3n) is 3.05. The first kappa shape index (κ1) is 16.8. The van der Waals surface area contributed by atoms with Gasteiger partial charge in [0.25, 0.3) is 10.2 Å². The van der Waals surface area contributed by atoms with Crippen LogP contribution in [0.1, 0.15) is 47.0 Å². The van der Waals surface area contributed by atoms with Crippen molar-refractivity contribution in [2.24, 2.45) is 5.73 Å². The molecule has 0 fully saturated rings. The summed E-state index contributed by atoms with van der Waals surface area (Å²) in [6.07, 6.45) is 2.27. The lowest BCUT2D eigenvalue weighted by Gasteiger charge is -2.38. The van der Waals surface area contributed by atoms with E-state index >= 15 is 0 Å². The summed E-state index contributed by atoms with van der Waals surface area (Å²) in [7, 11) is -3.43. The molecule has 0 aliphatic rings. The highest BCUT2D eigenvalue weighted by Crippen LogP contribution is 2.21. The predicted octanol–water partition coefficient (Wildman–Crippen LogP) is 1.07. The van der Waals surface area contributed by atoms with Crippen LogP contribution in [0.2, 0.25) is 0 Å². The SMILES string of the molecule is CCCNS(=O)(=O)N(CCC)C(C)(CC)CN. The van der Waals surface area contributed by atoms with Gasteiger partial charge in [0.2, 0.25) is 0 Å². The zero-order chi connectivity index (χ0) is 13.5. The van der Waals surface area contributed by atoms with Gasteiger partial charge in [-0.2, -0.15) is 12.7 Å². The van der Waals surface area contributed by atoms with E-state index in [-0.39, 0.29) is 0 Å². The van der Waals surface area contributed by atoms with E-state index in [0.717, 1.165) is 12.8 Å². The molecule has 1 atom stereocenters. The lowest BCUT2D eigenvalue weighted by atomic mass is 9.99. The van der Waals surface area contributed by atoms with Crippen LogP contribution in [0.5, 0.6) is 0 Å². The fourth-order valence-electron chi connectivity index (χ4n) is 1.61. The Balaban J connectivity index is 5.07. The molecule has 0 aliphatic carbocycles. The van der Waals surface area contributed by atoms with Crippen molar-refractivity contribution >= 4 is 10.2 Å². The first-order chi connectivity index (χ1) is 7.87. The van der Waals surface area contributed by atoms with Crippen molar-refractivity contribution in [1.29, 1.82) is 0 Å². The van der Waals surface area contributed by atoms with Gasteiger partial charge in [-0.25, -0.2) is 4.72 Å². The summed E-state index contributed by atoms with van der Waals surface area (Å²) >= 11 is 0. The van der Waals surface area contributed by atoms with Crippen molar-refractivity contribution in [3.63, 3.8) is 0 Å². The van der Waals surface area contributed by atoms with Gasteiger partial charge in [0.05, 0.1) is 0 Å². The summed E-state index contributed by atoms with van der Waals surface area (Å²) in [5.74, 6) is 0. The second kappa shape index (κ2) is 7.31. The second-order valence-corrected chi connectivity index (χ2v) is 6.21. The fourth-order valence-corrected chi connectivity index (χ4v) is 3.44. The Morgan fingerprint density at radius 3 is 2.18 bits per heavy atom. The highest BCUT2D eigenvalue weighted by molar-refractivity contribution is 7.87. The number of hydrogen-bond donors (Lipinski definition) is 2. The molecule has 0 rings (SSSR count). The van der Waals surface area contributed by atoms with Gasteiger partial charge < -0.3 is 5.73 Å². The van der Waals surface area contributed by atoms with Gasteiger partial charge >= 0.3 is 0 Å². The maximum Gasteiger partial charge on any atom is 0.279 e. The van der Waals surface area contributed by atoms with Crippen LogP contribution in [0, 0.1) is 0 Å². The monoisotopic (exact) mass is 265 g/mol. The molecule has 104 valence electrons. The fraction of sp³-hybridized carbons (Fsp3) is 1.00. The van der Waals surface area contributed by atoms with E-state index in [0.29, 0.717) is 26.1 Å². The van der Waals surface area contributed by atoms with Crippen molar-refractivity contribution in [3.8, 4) is 0 Å². The average Bonchev–Trinajstić information content (AvgIpc) is 2.32. The topological polar surface area (TPSA) is 75.4 Å². The van der Waals surface area contributed by atoms with Gasteiger partial charge in [-0.05, 0) is 26.2 Å². The van der Waals surface area contributed by atoms with Crippen LogP contribution in [0.25, 0.3) is 0 Å². The summed E-state index contributed by atoms with van der Waals surface area (Å²) in [6, 6.07) is 0. The van der Waals surface area contributed by atoms with Crippen molar-refractivity contribution in [1.82, 2.24) is 9.03 Å². The standard InChI is InChI=1S/C11H27N3O2S/c1-5-8-13-17(15,16)14(9-6-2)11(4,7-3)10-12/h13H,5-10,12H2,1-4H3. The molecule has 0 aromatic carbocycles. The summed E-state index contributed by atoms with van der Waals surface area (Å²) in [4.78, 5) is 0. The number of nitrogens with two attached hydrogens (primary N) is 1. The molecule has 0 spiro atoms. The summed E-state index contributed by atoms with van der Waals surface area (Å²) in [6.45, 7) is 9.06. The Bertz CT molecular complexity index is 300. The van der Waals surface area contributed by atoms with Crippen LogP contribution in [-0.4, -0.2) is 37.9 Å². The molecule has 0 saturated heterocycles. The lowest BCUT2D eigenvalue weighted by Crippen LogP contribution is -2.57. The summed E-state index contributed by atoms with van der Waals surface area (Å²) in [5.41, 5.74) is 5.24. The molecule has 3 N–H and O–H groups in total. The zero-order valence-corrected chi connectivity index (χ0v) is 12.3. The quantitative estimate of drug-likeness (QED) is 0.655. The van der Waals surface area contributed by atoms with Crippen LogP contribution in [-0.2, 0) is 10.2 Å². The molecule has 0 bridgehead atoms. The van der Waals surface area contributed by atoms with Crippen molar-refractivity contribution < 1.29 is 8.42 Å². The average molecular weight is 265 g/mol. The Morgan fingerprint density at radius 2 is 1.82 bits per heavy atom. The minimum Gasteiger partial charge on any atom is -0.329 e. The highest BCUT2D eigenvalue weighted by Gasteiger charge is 2.36. The van der Waals surface area contributed by atoms with Crippen LogP contribution in [0.4, 0.5) is 0 Å². The highest BCUT2D eigenvalue weighted by atomic mass is 32.2. The number of nitrogens with one attached hydrogen (secondary N) is 1. The van der Waals surface area contributed by atoms with E-state index < -0.39 is 15.7 Å². The van der Waals surface area contributed by atoms with Gasteiger partial charge in [0, 0.05) is 25.2 Å². The van der Waals surface area contributed by atoms with Crippen LogP contribution < -0.4 is 10.5 Å². The molecule has 5 nitrogen and oxygen atoms in total. The van der Waals surface area contributed by atoms with Crippen LogP contribution in [0.15, 0.2) is 0 Å². The maximum absolute atomic E-state index is 12.2. The molecule has 0 radical (unpaired) electrons. The predicted molar refractivity (Wildman–Crippen MR) is 72.0 cm³/mol. The normalized spacial score (nSPS) is 16.1. The van der Waals surface area contributed by atoms with E-state index in [2.05, 4.69) is 4.72 Å². The van der Waals surface area contributed by atoms with Gasteiger partial charge in [0.1, 0.15) is 0 Å². The molecule has 0 aliphatic heterocycles. The molecular formula is C11H27N3O2S. The van der Waals surface area contributed by atoms with Gasteiger partial charge in [-0.3, -0.25) is 0 Å². The Kier molecular flexibility index (Phi) is 7.23. The third-order valence-corrected chi connectivity index (χ3v) is 4.83. The Hall–Kier alpha value is -0.170. The van der Waals surface area contributed by atoms with E-state index in [4.69, 9.17) is 5.73 Å². The summed E-state index contributed by atoms with van der Waals surface area (Å²) < 4.78 is 28.5. The third kappa shape index (κ3) is 4.54. The molecule has 0 saturated carbocycles. The molecule has 1 unspecified atom stereocenters. The van der Waals surface area contributed by atoms with Gasteiger partial charge in [0.15, 0.2) is 0 Å². The van der Waals surface area contributed by atoms with Crippen LogP contribution >= 0.6 is 0 Å². The molecule has 0 amide bonds. The Morgan fingerprint density at radius 1 is 1.24 bits per heavy atom. The number of nitrogens with zero attached hydrogens (tertiary/aromatic N) is 1. The van der Waals surface area contributed by atoms with Gasteiger partial charge in [-0.1, -0.05) is 20.8 Å². The summed E-state index contributed by atoms with van der Waals surface area (Å²) in [5, 5.41) is 0. The maximum atomic E-state index is 12.2. The number of hydrogen-bond acceptors (Lipinski definition) is 3. The molecule has 17 heavy (non-hydrogen) atoms. The molecule has 0 heterocycles. The number of rotatable bonds is 9. The molecule has 6 heteroatoms. The minimum atomic E-state index is -3.43. The van der Waals surface area contributed by atoms with E-state index in [1.165, 1.54) is 4.31 Å². The molecule has 0 aromatic heterocycles. The zero-order valence-electron chi connectivity index (χ0n) is 11.5. The van der Waals surface area contributed by atoms with Crippen molar-refractivity contribution in [2.75, 3.05) is 19.6 Å². The largest absolute Gasteiger partial charge is 0.329 e. The first-order valence-corrected chi connectivity index (χ1v) is 7.79. The molecule has 0 aromatic rings.